The van der Waals surface area contributed by atoms with Crippen LogP contribution in [0.5, 0.6) is 0 Å². The first-order valence-electron chi connectivity index (χ1n) is 8.30. The molecule has 27 heavy (non-hydrogen) atoms. The van der Waals surface area contributed by atoms with Gasteiger partial charge in [-0.05, 0) is 67.7 Å². The minimum atomic E-state index is -4.23. The van der Waals surface area contributed by atoms with E-state index in [1.54, 1.807) is 12.1 Å². The Kier molecular flexibility index (Phi) is 4.75. The Bertz CT molecular complexity index is 1330. The van der Waals surface area contributed by atoms with Crippen molar-refractivity contribution in [2.24, 2.45) is 0 Å². The predicted molar refractivity (Wildman–Crippen MR) is 119 cm³/mol. The first-order valence-corrected chi connectivity index (χ1v) is 10.8. The number of hydrogen-bond acceptors (Lipinski definition) is 2. The van der Waals surface area contributed by atoms with Crippen LogP contribution in [-0.4, -0.2) is 13.0 Å². The Morgan fingerprint density at radius 3 is 1.74 bits per heavy atom. The molecule has 0 heterocycles. The van der Waals surface area contributed by atoms with E-state index in [0.717, 1.165) is 26.9 Å². The molecule has 3 nitrogen and oxygen atoms in total. The maximum Gasteiger partial charge on any atom is 0.295 e. The molecule has 5 aromatic rings. The standard InChI is InChI=1S/C16H10O3S.C6H5I/c17-20(18,19)14-9-7-12-5-4-10-2-1-3-11-6-8-13(14)16(12)15(10)11;7-6-4-2-1-3-5-6/h1-9H,(H,17,18,19);1-5H. The SMILES string of the molecule is Ic1ccccc1.O=S(=O)(O)c1ccc2ccc3cccc4ccc1c2c34. The molecule has 5 rings (SSSR count). The van der Waals surface area contributed by atoms with Crippen LogP contribution in [0.3, 0.4) is 0 Å². The van der Waals surface area contributed by atoms with Crippen LogP contribution in [0.25, 0.3) is 32.3 Å². The Hall–Kier alpha value is -2.22. The minimum absolute atomic E-state index is 0.0387. The predicted octanol–water partition coefficient (Wildman–Crippen LogP) is 6.12. The molecule has 0 unspecified atom stereocenters. The fourth-order valence-electron chi connectivity index (χ4n) is 3.35. The van der Waals surface area contributed by atoms with Gasteiger partial charge in [0.25, 0.3) is 10.1 Å². The molecule has 0 aliphatic heterocycles. The van der Waals surface area contributed by atoms with Crippen LogP contribution in [0.4, 0.5) is 0 Å². The zero-order valence-electron chi connectivity index (χ0n) is 14.1. The van der Waals surface area contributed by atoms with Gasteiger partial charge in [0.1, 0.15) is 4.90 Å². The summed E-state index contributed by atoms with van der Waals surface area (Å²) in [5.41, 5.74) is 0. The summed E-state index contributed by atoms with van der Waals surface area (Å²) in [7, 11) is -4.23. The van der Waals surface area contributed by atoms with E-state index in [-0.39, 0.29) is 4.90 Å². The lowest BCUT2D eigenvalue weighted by atomic mass is 9.94. The zero-order chi connectivity index (χ0) is 19.0. The molecule has 0 fully saturated rings. The van der Waals surface area contributed by atoms with E-state index in [4.69, 9.17) is 0 Å². The molecule has 0 saturated carbocycles. The molecule has 0 atom stereocenters. The molecule has 0 aromatic heterocycles. The van der Waals surface area contributed by atoms with Gasteiger partial charge in [-0.2, -0.15) is 8.42 Å². The van der Waals surface area contributed by atoms with Gasteiger partial charge in [0.15, 0.2) is 0 Å². The molecule has 0 saturated heterocycles. The Morgan fingerprint density at radius 1 is 0.630 bits per heavy atom. The average molecular weight is 486 g/mol. The van der Waals surface area contributed by atoms with E-state index in [1.807, 2.05) is 54.6 Å². The molecule has 0 spiro atoms. The van der Waals surface area contributed by atoms with Crippen LogP contribution in [-0.2, 0) is 10.1 Å². The van der Waals surface area contributed by atoms with Crippen LogP contribution >= 0.6 is 22.6 Å². The van der Waals surface area contributed by atoms with Gasteiger partial charge >= 0.3 is 0 Å². The van der Waals surface area contributed by atoms with Crippen LogP contribution in [0.15, 0.2) is 89.8 Å². The van der Waals surface area contributed by atoms with E-state index in [9.17, 15) is 13.0 Å². The molecule has 5 aromatic carbocycles. The van der Waals surface area contributed by atoms with Crippen molar-refractivity contribution in [2.75, 3.05) is 0 Å². The second kappa shape index (κ2) is 7.07. The summed E-state index contributed by atoms with van der Waals surface area (Å²) in [5.74, 6) is 0. The van der Waals surface area contributed by atoms with Gasteiger partial charge in [0.2, 0.25) is 0 Å². The van der Waals surface area contributed by atoms with Gasteiger partial charge < -0.3 is 0 Å². The second-order valence-corrected chi connectivity index (χ2v) is 8.83. The largest absolute Gasteiger partial charge is 0.295 e. The van der Waals surface area contributed by atoms with Crippen molar-refractivity contribution in [3.63, 3.8) is 0 Å². The first kappa shape index (κ1) is 18.2. The molecule has 0 bridgehead atoms. The number of rotatable bonds is 1. The van der Waals surface area contributed by atoms with E-state index >= 15 is 0 Å². The highest BCUT2D eigenvalue weighted by Gasteiger charge is 2.17. The molecule has 0 radical (unpaired) electrons. The molecule has 5 heteroatoms. The monoisotopic (exact) mass is 486 g/mol. The molecule has 1 N–H and O–H groups in total. The lowest BCUT2D eigenvalue weighted by Crippen LogP contribution is -1.99. The summed E-state index contributed by atoms with van der Waals surface area (Å²) in [5, 5.41) is 5.58. The van der Waals surface area contributed by atoms with Crippen LogP contribution in [0.2, 0.25) is 0 Å². The smallest absolute Gasteiger partial charge is 0.282 e. The summed E-state index contributed by atoms with van der Waals surface area (Å²) in [6, 6.07) is 27.0. The normalized spacial score (nSPS) is 11.6. The summed E-state index contributed by atoms with van der Waals surface area (Å²) in [4.78, 5) is -0.0387. The molecular formula is C22H15IO3S. The van der Waals surface area contributed by atoms with Crippen molar-refractivity contribution in [3.05, 3.63) is 88.5 Å². The molecule has 0 amide bonds. The lowest BCUT2D eigenvalue weighted by molar-refractivity contribution is 0.484. The van der Waals surface area contributed by atoms with Crippen molar-refractivity contribution in [1.82, 2.24) is 0 Å². The highest BCUT2D eigenvalue weighted by atomic mass is 127. The van der Waals surface area contributed by atoms with Crippen molar-refractivity contribution in [1.29, 1.82) is 0 Å². The van der Waals surface area contributed by atoms with Gasteiger partial charge in [-0.15, -0.1) is 0 Å². The Balaban J connectivity index is 0.000000218. The number of benzene rings is 5. The molecular weight excluding hydrogens is 471 g/mol. The summed E-state index contributed by atoms with van der Waals surface area (Å²) in [6.45, 7) is 0. The van der Waals surface area contributed by atoms with Gasteiger partial charge in [0, 0.05) is 8.96 Å². The topological polar surface area (TPSA) is 54.4 Å². The van der Waals surface area contributed by atoms with Gasteiger partial charge in [0.05, 0.1) is 0 Å². The quantitative estimate of drug-likeness (QED) is 0.176. The van der Waals surface area contributed by atoms with Crippen LogP contribution in [0.1, 0.15) is 0 Å². The fourth-order valence-corrected chi connectivity index (χ4v) is 4.45. The van der Waals surface area contributed by atoms with Crippen molar-refractivity contribution in [2.45, 2.75) is 4.90 Å². The van der Waals surface area contributed by atoms with Gasteiger partial charge in [-0.3, -0.25) is 4.55 Å². The maximum atomic E-state index is 11.5. The molecule has 0 aliphatic carbocycles. The Morgan fingerprint density at radius 2 is 1.19 bits per heavy atom. The first-order chi connectivity index (χ1) is 12.9. The van der Waals surface area contributed by atoms with Crippen LogP contribution in [0, 0.1) is 3.57 Å². The van der Waals surface area contributed by atoms with Crippen molar-refractivity contribution < 1.29 is 13.0 Å². The number of halogens is 1. The molecule has 0 aliphatic rings. The third kappa shape index (κ3) is 3.50. The highest BCUT2D eigenvalue weighted by Crippen LogP contribution is 2.36. The third-order valence-corrected chi connectivity index (χ3v) is 6.13. The maximum absolute atomic E-state index is 11.5. The van der Waals surface area contributed by atoms with E-state index in [2.05, 4.69) is 34.7 Å². The van der Waals surface area contributed by atoms with E-state index in [1.165, 1.54) is 9.64 Å². The fraction of sp³-hybridized carbons (Fsp3) is 0. The third-order valence-electron chi connectivity index (χ3n) is 4.50. The molecule has 134 valence electrons. The van der Waals surface area contributed by atoms with Crippen molar-refractivity contribution >= 4 is 65.0 Å². The summed E-state index contributed by atoms with van der Waals surface area (Å²) >= 11 is 2.28. The van der Waals surface area contributed by atoms with Gasteiger partial charge in [-0.25, -0.2) is 0 Å². The van der Waals surface area contributed by atoms with E-state index < -0.39 is 10.1 Å². The number of hydrogen-bond donors (Lipinski definition) is 1. The summed E-state index contributed by atoms with van der Waals surface area (Å²) in [6.07, 6.45) is 0. The van der Waals surface area contributed by atoms with Gasteiger partial charge in [-0.1, -0.05) is 66.7 Å². The lowest BCUT2D eigenvalue weighted by Gasteiger charge is -2.12. The van der Waals surface area contributed by atoms with Crippen LogP contribution < -0.4 is 0 Å². The second-order valence-electron chi connectivity index (χ2n) is 6.19. The van der Waals surface area contributed by atoms with E-state index in [0.29, 0.717) is 5.39 Å². The minimum Gasteiger partial charge on any atom is -0.282 e. The zero-order valence-corrected chi connectivity index (χ0v) is 17.1. The van der Waals surface area contributed by atoms with Crippen molar-refractivity contribution in [3.8, 4) is 0 Å². The summed E-state index contributed by atoms with van der Waals surface area (Å²) < 4.78 is 33.8. The highest BCUT2D eigenvalue weighted by molar-refractivity contribution is 14.1. The average Bonchev–Trinajstić information content (AvgIpc) is 2.66. The Labute approximate surface area is 170 Å².